The molecular formula is C13H26N3O. The van der Waals surface area contributed by atoms with E-state index in [4.69, 9.17) is 0 Å². The van der Waals surface area contributed by atoms with Crippen LogP contribution in [0.3, 0.4) is 0 Å². The molecule has 1 amide bonds. The van der Waals surface area contributed by atoms with E-state index < -0.39 is 0 Å². The molecule has 0 atom stereocenters. The Morgan fingerprint density at radius 3 is 2.47 bits per heavy atom. The van der Waals surface area contributed by atoms with Crippen LogP contribution in [0.2, 0.25) is 0 Å². The second kappa shape index (κ2) is 7.67. The number of hydrogen-bond acceptors (Lipinski definition) is 3. The lowest BCUT2D eigenvalue weighted by molar-refractivity contribution is -0.126. The van der Waals surface area contributed by atoms with Gasteiger partial charge in [0.25, 0.3) is 0 Å². The molecule has 0 saturated carbocycles. The van der Waals surface area contributed by atoms with Crippen molar-refractivity contribution >= 4 is 5.91 Å². The van der Waals surface area contributed by atoms with Crippen LogP contribution < -0.4 is 0 Å². The highest BCUT2D eigenvalue weighted by molar-refractivity contribution is 5.80. The highest BCUT2D eigenvalue weighted by Gasteiger charge is 2.16. The summed E-state index contributed by atoms with van der Waals surface area (Å²) < 4.78 is 0. The Bertz CT molecular complexity index is 229. The standard InChI is InChI=1S/C13H26N3O/c1-4-14(5-2)9-10-15-7-6-8-16(12-11-15)13(3)17/h3-12H2,1-2H3. The molecule has 0 bridgehead atoms. The summed E-state index contributed by atoms with van der Waals surface area (Å²) in [6.07, 6.45) is 1.07. The first-order valence-electron chi connectivity index (χ1n) is 6.73. The molecule has 0 aromatic rings. The highest BCUT2D eigenvalue weighted by Crippen LogP contribution is 2.03. The van der Waals surface area contributed by atoms with Crippen molar-refractivity contribution in [1.82, 2.24) is 14.7 Å². The predicted molar refractivity (Wildman–Crippen MR) is 70.8 cm³/mol. The Kier molecular flexibility index (Phi) is 6.52. The molecule has 0 spiro atoms. The van der Waals surface area contributed by atoms with Crippen LogP contribution in [0.4, 0.5) is 0 Å². The van der Waals surface area contributed by atoms with Gasteiger partial charge in [-0.15, -0.1) is 0 Å². The molecule has 1 heterocycles. The molecule has 1 fully saturated rings. The van der Waals surface area contributed by atoms with Crippen molar-refractivity contribution in [2.24, 2.45) is 0 Å². The number of amides is 1. The monoisotopic (exact) mass is 240 g/mol. The number of carbonyl (C=O) groups excluding carboxylic acids is 1. The lowest BCUT2D eigenvalue weighted by Crippen LogP contribution is -2.38. The summed E-state index contributed by atoms with van der Waals surface area (Å²) in [4.78, 5) is 18.0. The molecule has 1 rings (SSSR count). The van der Waals surface area contributed by atoms with E-state index in [1.165, 1.54) is 0 Å². The maximum atomic E-state index is 11.2. The molecule has 0 N–H and O–H groups in total. The predicted octanol–water partition coefficient (Wildman–Crippen LogP) is 0.697. The first-order valence-corrected chi connectivity index (χ1v) is 6.73. The normalized spacial score (nSPS) is 18.5. The van der Waals surface area contributed by atoms with Crippen LogP contribution in [0.1, 0.15) is 20.3 Å². The minimum atomic E-state index is -0.0319. The number of likely N-dealkylation sites (N-methyl/N-ethyl adjacent to an activating group) is 1. The average Bonchev–Trinajstić information content (AvgIpc) is 2.56. The van der Waals surface area contributed by atoms with Gasteiger partial charge in [0.1, 0.15) is 0 Å². The molecule has 99 valence electrons. The maximum absolute atomic E-state index is 11.2. The Morgan fingerprint density at radius 2 is 1.88 bits per heavy atom. The van der Waals surface area contributed by atoms with Gasteiger partial charge < -0.3 is 14.7 Å². The molecule has 0 aliphatic carbocycles. The first-order chi connectivity index (χ1) is 8.17. The van der Waals surface area contributed by atoms with Gasteiger partial charge in [0.2, 0.25) is 5.91 Å². The summed E-state index contributed by atoms with van der Waals surface area (Å²) >= 11 is 0. The Hall–Kier alpha value is -0.610. The minimum absolute atomic E-state index is 0.0319. The summed E-state index contributed by atoms with van der Waals surface area (Å²) in [6, 6.07) is 0. The van der Waals surface area contributed by atoms with E-state index >= 15 is 0 Å². The average molecular weight is 240 g/mol. The molecule has 0 aromatic carbocycles. The van der Waals surface area contributed by atoms with Crippen LogP contribution in [0.25, 0.3) is 0 Å². The summed E-state index contributed by atoms with van der Waals surface area (Å²) in [6.45, 7) is 16.2. The van der Waals surface area contributed by atoms with Crippen LogP contribution in [-0.2, 0) is 4.79 Å². The van der Waals surface area contributed by atoms with Crippen LogP contribution >= 0.6 is 0 Å². The topological polar surface area (TPSA) is 26.8 Å². The van der Waals surface area contributed by atoms with E-state index in [-0.39, 0.29) is 5.91 Å². The molecule has 4 heteroatoms. The van der Waals surface area contributed by atoms with Gasteiger partial charge in [0.15, 0.2) is 0 Å². The third-order valence-electron chi connectivity index (χ3n) is 3.57. The van der Waals surface area contributed by atoms with Crippen LogP contribution in [-0.4, -0.2) is 73.0 Å². The van der Waals surface area contributed by atoms with Gasteiger partial charge in [-0.2, -0.15) is 0 Å². The summed E-state index contributed by atoms with van der Waals surface area (Å²) in [5, 5.41) is 0. The Labute approximate surface area is 106 Å². The summed E-state index contributed by atoms with van der Waals surface area (Å²) in [5.41, 5.74) is 0. The van der Waals surface area contributed by atoms with Crippen molar-refractivity contribution in [3.63, 3.8) is 0 Å². The fraction of sp³-hybridized carbons (Fsp3) is 0.846. The Balaban J connectivity index is 2.29. The molecule has 1 aliphatic rings. The van der Waals surface area contributed by atoms with Crippen molar-refractivity contribution in [2.45, 2.75) is 20.3 Å². The second-order valence-electron chi connectivity index (χ2n) is 4.60. The number of carbonyl (C=O) groups is 1. The minimum Gasteiger partial charge on any atom is -0.341 e. The highest BCUT2D eigenvalue weighted by atomic mass is 16.2. The molecule has 1 radical (unpaired) electrons. The summed E-state index contributed by atoms with van der Waals surface area (Å²) in [7, 11) is 0. The fourth-order valence-corrected chi connectivity index (χ4v) is 2.27. The van der Waals surface area contributed by atoms with Gasteiger partial charge in [-0.1, -0.05) is 13.8 Å². The lowest BCUT2D eigenvalue weighted by Gasteiger charge is -2.25. The van der Waals surface area contributed by atoms with Crippen molar-refractivity contribution in [3.8, 4) is 0 Å². The first kappa shape index (κ1) is 14.5. The van der Waals surface area contributed by atoms with Crippen molar-refractivity contribution in [3.05, 3.63) is 6.92 Å². The zero-order valence-corrected chi connectivity index (χ0v) is 11.3. The van der Waals surface area contributed by atoms with Crippen molar-refractivity contribution < 1.29 is 4.79 Å². The van der Waals surface area contributed by atoms with E-state index in [1.54, 1.807) is 0 Å². The van der Waals surface area contributed by atoms with Gasteiger partial charge in [-0.25, -0.2) is 0 Å². The smallest absolute Gasteiger partial charge is 0.223 e. The van der Waals surface area contributed by atoms with E-state index in [9.17, 15) is 4.79 Å². The second-order valence-corrected chi connectivity index (χ2v) is 4.60. The van der Waals surface area contributed by atoms with Crippen LogP contribution in [0.15, 0.2) is 0 Å². The van der Waals surface area contributed by atoms with E-state index in [1.807, 2.05) is 4.90 Å². The number of hydrogen-bond donors (Lipinski definition) is 0. The van der Waals surface area contributed by atoms with Crippen molar-refractivity contribution in [2.75, 3.05) is 52.4 Å². The third kappa shape index (κ3) is 5.04. The quantitative estimate of drug-likeness (QED) is 0.707. The zero-order valence-electron chi connectivity index (χ0n) is 11.3. The van der Waals surface area contributed by atoms with Gasteiger partial charge in [-0.3, -0.25) is 4.79 Å². The largest absolute Gasteiger partial charge is 0.341 e. The fourth-order valence-electron chi connectivity index (χ4n) is 2.27. The maximum Gasteiger partial charge on any atom is 0.223 e. The van der Waals surface area contributed by atoms with E-state index in [2.05, 4.69) is 30.6 Å². The molecule has 0 unspecified atom stereocenters. The molecule has 0 aromatic heterocycles. The van der Waals surface area contributed by atoms with Crippen molar-refractivity contribution in [1.29, 1.82) is 0 Å². The molecular weight excluding hydrogens is 214 g/mol. The Morgan fingerprint density at radius 1 is 1.18 bits per heavy atom. The summed E-state index contributed by atoms with van der Waals surface area (Å²) in [5.74, 6) is -0.0319. The van der Waals surface area contributed by atoms with Gasteiger partial charge in [0.05, 0.1) is 0 Å². The molecule has 1 aliphatic heterocycles. The van der Waals surface area contributed by atoms with Gasteiger partial charge in [-0.05, 0) is 26.1 Å². The van der Waals surface area contributed by atoms with Gasteiger partial charge in [0, 0.05) is 39.6 Å². The number of rotatable bonds is 5. The van der Waals surface area contributed by atoms with Gasteiger partial charge >= 0.3 is 0 Å². The molecule has 1 saturated heterocycles. The van der Waals surface area contributed by atoms with Crippen LogP contribution in [0, 0.1) is 6.92 Å². The van der Waals surface area contributed by atoms with Crippen LogP contribution in [0.5, 0.6) is 0 Å². The zero-order chi connectivity index (χ0) is 12.7. The lowest BCUT2D eigenvalue weighted by atomic mass is 10.3. The number of nitrogens with zero attached hydrogens (tertiary/aromatic N) is 3. The molecule has 17 heavy (non-hydrogen) atoms. The molecule has 4 nitrogen and oxygen atoms in total. The van der Waals surface area contributed by atoms with E-state index in [0.29, 0.717) is 0 Å². The van der Waals surface area contributed by atoms with E-state index in [0.717, 1.165) is 58.8 Å². The third-order valence-corrected chi connectivity index (χ3v) is 3.57. The SMILES string of the molecule is [CH2]C(=O)N1CCCN(CCN(CC)CC)CC1.